The first kappa shape index (κ1) is 20.6. The molecule has 0 saturated heterocycles. The average Bonchev–Trinajstić information content (AvgIpc) is 2.50. The van der Waals surface area contributed by atoms with Crippen LogP contribution in [-0.2, 0) is 9.53 Å². The molecule has 0 aromatic rings. The number of carbonyl (C=O) groups is 1. The van der Waals surface area contributed by atoms with Crippen molar-refractivity contribution in [2.75, 3.05) is 18.6 Å². The lowest BCUT2D eigenvalue weighted by molar-refractivity contribution is -0.140. The maximum absolute atomic E-state index is 10.9. The lowest BCUT2D eigenvalue weighted by atomic mass is 10.1. The highest BCUT2D eigenvalue weighted by Gasteiger charge is 1.98. The maximum atomic E-state index is 10.9. The van der Waals surface area contributed by atoms with E-state index in [1.807, 2.05) is 0 Å². The van der Waals surface area contributed by atoms with Crippen molar-refractivity contribution < 1.29 is 9.53 Å². The zero-order valence-electron chi connectivity index (χ0n) is 14.1. The van der Waals surface area contributed by atoms with Gasteiger partial charge in [-0.25, -0.2) is 0 Å². The third kappa shape index (κ3) is 17.5. The van der Waals surface area contributed by atoms with E-state index in [2.05, 4.69) is 35.6 Å². The van der Waals surface area contributed by atoms with Crippen LogP contribution in [0.5, 0.6) is 0 Å². The minimum absolute atomic E-state index is 0.0778. The van der Waals surface area contributed by atoms with E-state index < -0.39 is 0 Å². The first-order valence-corrected chi connectivity index (χ1v) is 9.76. The van der Waals surface area contributed by atoms with Crippen molar-refractivity contribution in [3.63, 3.8) is 0 Å². The predicted octanol–water partition coefficient (Wildman–Crippen LogP) is 5.76. The topological polar surface area (TPSA) is 26.3 Å². The molecule has 21 heavy (non-hydrogen) atoms. The summed E-state index contributed by atoms with van der Waals surface area (Å²) in [5.74, 6) is 2.56. The molecule has 0 aromatic heterocycles. The second-order valence-corrected chi connectivity index (χ2v) is 6.69. The number of unbranched alkanes of at least 4 members (excludes halogenated alkanes) is 7. The van der Waals surface area contributed by atoms with Gasteiger partial charge in [-0.1, -0.05) is 38.3 Å². The summed E-state index contributed by atoms with van der Waals surface area (Å²) in [5.41, 5.74) is 0. The molecule has 0 aliphatic rings. The summed E-state index contributed by atoms with van der Waals surface area (Å²) in [6, 6.07) is 0. The van der Waals surface area contributed by atoms with E-state index in [0.717, 1.165) is 12.8 Å². The second kappa shape index (κ2) is 17.6. The number of methoxy groups -OCH3 is 1. The standard InChI is InChI=1S/C18H34O2S/c1-3-16-21-17-14-12-10-8-6-4-5-7-9-11-13-15-18(19)20-2/h6,8H,3-5,7,9-17H2,1-2H3/b8-6-. The van der Waals surface area contributed by atoms with E-state index >= 15 is 0 Å². The van der Waals surface area contributed by atoms with Crippen molar-refractivity contribution in [2.45, 2.75) is 77.6 Å². The molecule has 0 aliphatic heterocycles. The van der Waals surface area contributed by atoms with Crippen LogP contribution >= 0.6 is 11.8 Å². The molecule has 0 bridgehead atoms. The monoisotopic (exact) mass is 314 g/mol. The Bertz CT molecular complexity index is 252. The molecule has 0 rings (SSSR count). The van der Waals surface area contributed by atoms with Crippen LogP contribution in [0.2, 0.25) is 0 Å². The molecule has 0 saturated carbocycles. The molecule has 0 amide bonds. The number of hydrogen-bond acceptors (Lipinski definition) is 3. The van der Waals surface area contributed by atoms with E-state index in [0.29, 0.717) is 6.42 Å². The van der Waals surface area contributed by atoms with Gasteiger partial charge in [-0.15, -0.1) is 0 Å². The van der Waals surface area contributed by atoms with Crippen molar-refractivity contribution in [2.24, 2.45) is 0 Å². The number of ether oxygens (including phenoxy) is 1. The zero-order chi connectivity index (χ0) is 15.6. The van der Waals surface area contributed by atoms with Gasteiger partial charge in [0, 0.05) is 6.42 Å². The molecule has 0 unspecified atom stereocenters. The van der Waals surface area contributed by atoms with E-state index in [1.54, 1.807) is 0 Å². The highest BCUT2D eigenvalue weighted by atomic mass is 32.2. The van der Waals surface area contributed by atoms with E-state index in [1.165, 1.54) is 70.0 Å². The summed E-state index contributed by atoms with van der Waals surface area (Å²) < 4.78 is 4.62. The van der Waals surface area contributed by atoms with Crippen LogP contribution in [0.4, 0.5) is 0 Å². The molecular formula is C18H34O2S. The molecule has 124 valence electrons. The lowest BCUT2D eigenvalue weighted by Crippen LogP contribution is -1.98. The van der Waals surface area contributed by atoms with Crippen LogP contribution in [0.3, 0.4) is 0 Å². The van der Waals surface area contributed by atoms with Gasteiger partial charge < -0.3 is 4.74 Å². The summed E-state index contributed by atoms with van der Waals surface area (Å²) in [5, 5.41) is 0. The fourth-order valence-electron chi connectivity index (χ4n) is 2.11. The number of hydrogen-bond donors (Lipinski definition) is 0. The van der Waals surface area contributed by atoms with Gasteiger partial charge in [0.2, 0.25) is 0 Å². The van der Waals surface area contributed by atoms with Crippen molar-refractivity contribution in [3.05, 3.63) is 12.2 Å². The second-order valence-electron chi connectivity index (χ2n) is 5.46. The van der Waals surface area contributed by atoms with Crippen molar-refractivity contribution in [3.8, 4) is 0 Å². The molecule has 0 radical (unpaired) electrons. The molecular weight excluding hydrogens is 280 g/mol. The van der Waals surface area contributed by atoms with Gasteiger partial charge in [0.25, 0.3) is 0 Å². The smallest absolute Gasteiger partial charge is 0.305 e. The van der Waals surface area contributed by atoms with Crippen LogP contribution in [0.25, 0.3) is 0 Å². The fourth-order valence-corrected chi connectivity index (χ4v) is 3.01. The summed E-state index contributed by atoms with van der Waals surface area (Å²) >= 11 is 2.08. The van der Waals surface area contributed by atoms with Gasteiger partial charge >= 0.3 is 5.97 Å². The number of rotatable bonds is 15. The summed E-state index contributed by atoms with van der Waals surface area (Å²) in [4.78, 5) is 10.9. The third-order valence-corrected chi connectivity index (χ3v) is 4.68. The molecule has 3 heteroatoms. The Morgan fingerprint density at radius 1 is 0.905 bits per heavy atom. The lowest BCUT2D eigenvalue weighted by Gasteiger charge is -2.00. The van der Waals surface area contributed by atoms with Gasteiger partial charge in [0.15, 0.2) is 0 Å². The summed E-state index contributed by atoms with van der Waals surface area (Å²) in [7, 11) is 1.46. The quantitative estimate of drug-likeness (QED) is 0.218. The van der Waals surface area contributed by atoms with Crippen LogP contribution in [-0.4, -0.2) is 24.6 Å². The molecule has 0 spiro atoms. The Morgan fingerprint density at radius 3 is 2.19 bits per heavy atom. The van der Waals surface area contributed by atoms with E-state index in [-0.39, 0.29) is 5.97 Å². The summed E-state index contributed by atoms with van der Waals surface area (Å²) in [6.07, 6.45) is 17.6. The number of thioether (sulfide) groups is 1. The van der Waals surface area contributed by atoms with Crippen LogP contribution in [0, 0.1) is 0 Å². The normalized spacial score (nSPS) is 11.1. The Hall–Kier alpha value is -0.440. The molecule has 0 aromatic carbocycles. The number of allylic oxidation sites excluding steroid dienone is 2. The van der Waals surface area contributed by atoms with E-state index in [4.69, 9.17) is 0 Å². The van der Waals surface area contributed by atoms with Crippen LogP contribution in [0.1, 0.15) is 77.6 Å². The molecule has 2 nitrogen and oxygen atoms in total. The van der Waals surface area contributed by atoms with Crippen LogP contribution in [0.15, 0.2) is 12.2 Å². The van der Waals surface area contributed by atoms with Crippen molar-refractivity contribution in [1.82, 2.24) is 0 Å². The van der Waals surface area contributed by atoms with Gasteiger partial charge in [0.1, 0.15) is 0 Å². The van der Waals surface area contributed by atoms with Gasteiger partial charge in [-0.2, -0.15) is 11.8 Å². The minimum Gasteiger partial charge on any atom is -0.469 e. The molecule has 0 heterocycles. The Labute approximate surface area is 136 Å². The first-order valence-electron chi connectivity index (χ1n) is 8.60. The minimum atomic E-state index is -0.0778. The highest BCUT2D eigenvalue weighted by Crippen LogP contribution is 2.10. The van der Waals surface area contributed by atoms with Gasteiger partial charge in [-0.3, -0.25) is 4.79 Å². The zero-order valence-corrected chi connectivity index (χ0v) is 14.9. The molecule has 0 fully saturated rings. The highest BCUT2D eigenvalue weighted by molar-refractivity contribution is 7.99. The van der Waals surface area contributed by atoms with E-state index in [9.17, 15) is 4.79 Å². The van der Waals surface area contributed by atoms with Crippen molar-refractivity contribution >= 4 is 17.7 Å². The largest absolute Gasteiger partial charge is 0.469 e. The van der Waals surface area contributed by atoms with Crippen molar-refractivity contribution in [1.29, 1.82) is 0 Å². The molecule has 0 N–H and O–H groups in total. The van der Waals surface area contributed by atoms with Gasteiger partial charge in [-0.05, 0) is 56.5 Å². The third-order valence-electron chi connectivity index (χ3n) is 3.40. The Morgan fingerprint density at radius 2 is 1.52 bits per heavy atom. The Kier molecular flexibility index (Phi) is 17.2. The molecule has 0 atom stereocenters. The number of carbonyl (C=O) groups excluding carboxylic acids is 1. The predicted molar refractivity (Wildman–Crippen MR) is 94.9 cm³/mol. The Balaban J connectivity index is 3.10. The van der Waals surface area contributed by atoms with Crippen LogP contribution < -0.4 is 0 Å². The SMILES string of the molecule is CCCSCCCC/C=C\CCCCCCCC(=O)OC. The summed E-state index contributed by atoms with van der Waals surface area (Å²) in [6.45, 7) is 2.24. The molecule has 0 aliphatic carbocycles. The van der Waals surface area contributed by atoms with Gasteiger partial charge in [0.05, 0.1) is 7.11 Å². The average molecular weight is 315 g/mol. The number of esters is 1. The first-order chi connectivity index (χ1) is 10.3. The fraction of sp³-hybridized carbons (Fsp3) is 0.833. The maximum Gasteiger partial charge on any atom is 0.305 e.